The van der Waals surface area contributed by atoms with Crippen molar-refractivity contribution in [2.24, 2.45) is 0 Å². The molecule has 3 heterocycles. The predicted molar refractivity (Wildman–Crippen MR) is 122 cm³/mol. The Morgan fingerprint density at radius 2 is 1.97 bits per heavy atom. The number of anilines is 1. The van der Waals surface area contributed by atoms with Gasteiger partial charge in [-0.3, -0.25) is 9.69 Å². The highest BCUT2D eigenvalue weighted by atomic mass is 32.1. The second-order valence-corrected chi connectivity index (χ2v) is 8.47. The molecule has 1 N–H and O–H groups in total. The molecule has 1 saturated heterocycles. The first-order valence-electron chi connectivity index (χ1n) is 10.7. The van der Waals surface area contributed by atoms with Gasteiger partial charge in [0.25, 0.3) is 5.91 Å². The number of carbonyl (C=O) groups is 1. The monoisotopic (exact) mass is 440 g/mol. The number of rotatable bonds is 8. The van der Waals surface area contributed by atoms with Crippen LogP contribution in [0.3, 0.4) is 0 Å². The summed E-state index contributed by atoms with van der Waals surface area (Å²) in [5.74, 6) is 0.933. The SMILES string of the molecule is CCOc1ccc(C(c2cc(CC)sc2NC(=O)c2ccco2)N2CCOCC2)cc1. The van der Waals surface area contributed by atoms with E-state index in [9.17, 15) is 4.79 Å². The molecule has 1 fully saturated rings. The van der Waals surface area contributed by atoms with Crippen LogP contribution in [-0.2, 0) is 11.2 Å². The number of hydrogen-bond donors (Lipinski definition) is 1. The molecule has 2 aromatic heterocycles. The number of ether oxygens (including phenoxy) is 2. The normalized spacial score (nSPS) is 15.5. The molecule has 1 unspecified atom stereocenters. The van der Waals surface area contributed by atoms with E-state index in [0.29, 0.717) is 25.6 Å². The van der Waals surface area contributed by atoms with Crippen LogP contribution in [-0.4, -0.2) is 43.7 Å². The van der Waals surface area contributed by atoms with Crippen LogP contribution in [0, 0.1) is 0 Å². The summed E-state index contributed by atoms with van der Waals surface area (Å²) in [7, 11) is 0. The summed E-state index contributed by atoms with van der Waals surface area (Å²) in [5.41, 5.74) is 2.27. The van der Waals surface area contributed by atoms with Gasteiger partial charge in [0, 0.05) is 23.5 Å². The maximum Gasteiger partial charge on any atom is 0.291 e. The van der Waals surface area contributed by atoms with Gasteiger partial charge in [0.1, 0.15) is 10.8 Å². The third-order valence-corrected chi connectivity index (χ3v) is 6.56. The van der Waals surface area contributed by atoms with Gasteiger partial charge in [-0.1, -0.05) is 19.1 Å². The number of furan rings is 1. The minimum atomic E-state index is -0.233. The average molecular weight is 441 g/mol. The molecule has 3 aromatic rings. The van der Waals surface area contributed by atoms with Gasteiger partial charge >= 0.3 is 0 Å². The van der Waals surface area contributed by atoms with Crippen LogP contribution in [0.2, 0.25) is 0 Å². The third-order valence-electron chi connectivity index (χ3n) is 5.34. The number of nitrogens with zero attached hydrogens (tertiary/aromatic N) is 1. The summed E-state index contributed by atoms with van der Waals surface area (Å²) in [6.07, 6.45) is 2.42. The molecular weight excluding hydrogens is 412 g/mol. The number of morpholine rings is 1. The van der Waals surface area contributed by atoms with Crippen LogP contribution in [0.4, 0.5) is 5.00 Å². The highest BCUT2D eigenvalue weighted by molar-refractivity contribution is 7.16. The highest BCUT2D eigenvalue weighted by Crippen LogP contribution is 2.40. The Hall–Kier alpha value is -2.61. The minimum Gasteiger partial charge on any atom is -0.494 e. The van der Waals surface area contributed by atoms with Gasteiger partial charge in [0.05, 0.1) is 32.1 Å². The van der Waals surface area contributed by atoms with E-state index in [-0.39, 0.29) is 11.9 Å². The number of benzene rings is 1. The fraction of sp³-hybridized carbons (Fsp3) is 0.375. The van der Waals surface area contributed by atoms with Crippen molar-refractivity contribution in [1.82, 2.24) is 4.90 Å². The zero-order valence-corrected chi connectivity index (χ0v) is 18.7. The molecule has 31 heavy (non-hydrogen) atoms. The van der Waals surface area contributed by atoms with E-state index < -0.39 is 0 Å². The van der Waals surface area contributed by atoms with Gasteiger partial charge in [-0.25, -0.2) is 0 Å². The zero-order valence-electron chi connectivity index (χ0n) is 17.9. The van der Waals surface area contributed by atoms with Crippen LogP contribution in [0.25, 0.3) is 0 Å². The molecule has 1 aliphatic heterocycles. The number of aryl methyl sites for hydroxylation is 1. The number of carbonyl (C=O) groups excluding carboxylic acids is 1. The molecule has 0 spiro atoms. The summed E-state index contributed by atoms with van der Waals surface area (Å²) in [6.45, 7) is 7.82. The number of hydrogen-bond acceptors (Lipinski definition) is 6. The van der Waals surface area contributed by atoms with Crippen LogP contribution >= 0.6 is 11.3 Å². The van der Waals surface area contributed by atoms with Crippen LogP contribution in [0.5, 0.6) is 5.75 Å². The van der Waals surface area contributed by atoms with Crippen molar-refractivity contribution in [1.29, 1.82) is 0 Å². The standard InChI is InChI=1S/C24H28N2O4S/c1-3-19-16-20(24(31-19)25-23(27)21-6-5-13-30-21)22(26-11-14-28-15-12-26)17-7-9-18(10-8-17)29-4-2/h5-10,13,16,22H,3-4,11-12,14-15H2,1-2H3,(H,25,27). The Morgan fingerprint density at radius 3 is 2.61 bits per heavy atom. The summed E-state index contributed by atoms with van der Waals surface area (Å²) in [6, 6.07) is 13.9. The quantitative estimate of drug-likeness (QED) is 0.535. The summed E-state index contributed by atoms with van der Waals surface area (Å²) in [4.78, 5) is 16.4. The van der Waals surface area contributed by atoms with E-state index in [4.69, 9.17) is 13.9 Å². The maximum absolute atomic E-state index is 12.7. The van der Waals surface area contributed by atoms with E-state index in [0.717, 1.165) is 35.8 Å². The van der Waals surface area contributed by atoms with E-state index in [1.165, 1.54) is 16.7 Å². The van der Waals surface area contributed by atoms with Crippen molar-refractivity contribution in [2.75, 3.05) is 38.2 Å². The summed E-state index contributed by atoms with van der Waals surface area (Å²) >= 11 is 1.63. The molecule has 4 rings (SSSR count). The Labute approximate surface area is 186 Å². The lowest BCUT2D eigenvalue weighted by molar-refractivity contribution is 0.0241. The van der Waals surface area contributed by atoms with Crippen molar-refractivity contribution in [3.05, 3.63) is 70.5 Å². The molecule has 6 nitrogen and oxygen atoms in total. The number of thiophene rings is 1. The van der Waals surface area contributed by atoms with E-state index in [1.807, 2.05) is 19.1 Å². The fourth-order valence-electron chi connectivity index (χ4n) is 3.84. The molecule has 1 amide bonds. The molecule has 164 valence electrons. The molecule has 0 radical (unpaired) electrons. The Bertz CT molecular complexity index is 976. The molecule has 1 aliphatic rings. The van der Waals surface area contributed by atoms with Crippen molar-refractivity contribution < 1.29 is 18.7 Å². The molecule has 0 aliphatic carbocycles. The maximum atomic E-state index is 12.7. The molecule has 0 bridgehead atoms. The molecule has 1 aromatic carbocycles. The summed E-state index contributed by atoms with van der Waals surface area (Å²) in [5, 5.41) is 3.96. The van der Waals surface area contributed by atoms with Crippen molar-refractivity contribution in [3.8, 4) is 5.75 Å². The Balaban J connectivity index is 1.71. The van der Waals surface area contributed by atoms with Crippen molar-refractivity contribution >= 4 is 22.2 Å². The smallest absolute Gasteiger partial charge is 0.291 e. The number of nitrogens with one attached hydrogen (secondary N) is 1. The topological polar surface area (TPSA) is 63.9 Å². The van der Waals surface area contributed by atoms with E-state index in [2.05, 4.69) is 35.3 Å². The Kier molecular flexibility index (Phi) is 7.06. The second-order valence-electron chi connectivity index (χ2n) is 7.34. The van der Waals surface area contributed by atoms with Crippen molar-refractivity contribution in [2.45, 2.75) is 26.3 Å². The number of amides is 1. The van der Waals surface area contributed by atoms with Crippen LogP contribution < -0.4 is 10.1 Å². The third kappa shape index (κ3) is 5.01. The minimum absolute atomic E-state index is 0.0167. The van der Waals surface area contributed by atoms with Gasteiger partial charge in [0.15, 0.2) is 5.76 Å². The second kappa shape index (κ2) is 10.1. The Morgan fingerprint density at radius 1 is 1.19 bits per heavy atom. The first kappa shape index (κ1) is 21.6. The fourth-order valence-corrected chi connectivity index (χ4v) is 4.87. The molecular formula is C24H28N2O4S. The molecule has 0 saturated carbocycles. The van der Waals surface area contributed by atoms with Gasteiger partial charge in [-0.2, -0.15) is 0 Å². The van der Waals surface area contributed by atoms with Crippen LogP contribution in [0.1, 0.15) is 46.4 Å². The first-order valence-corrected chi connectivity index (χ1v) is 11.5. The lowest BCUT2D eigenvalue weighted by Crippen LogP contribution is -2.39. The lowest BCUT2D eigenvalue weighted by Gasteiger charge is -2.35. The average Bonchev–Trinajstić information content (AvgIpc) is 3.47. The van der Waals surface area contributed by atoms with E-state index in [1.54, 1.807) is 23.5 Å². The first-order chi connectivity index (χ1) is 15.2. The van der Waals surface area contributed by atoms with Gasteiger partial charge in [0.2, 0.25) is 0 Å². The molecule has 7 heteroatoms. The summed E-state index contributed by atoms with van der Waals surface area (Å²) < 4.78 is 16.5. The van der Waals surface area contributed by atoms with E-state index >= 15 is 0 Å². The van der Waals surface area contributed by atoms with Crippen molar-refractivity contribution in [3.63, 3.8) is 0 Å². The molecule has 1 atom stereocenters. The van der Waals surface area contributed by atoms with Gasteiger partial charge < -0.3 is 19.2 Å². The lowest BCUT2D eigenvalue weighted by atomic mass is 9.97. The highest BCUT2D eigenvalue weighted by Gasteiger charge is 2.29. The largest absolute Gasteiger partial charge is 0.494 e. The van der Waals surface area contributed by atoms with Gasteiger partial charge in [-0.05, 0) is 49.2 Å². The van der Waals surface area contributed by atoms with Crippen LogP contribution in [0.15, 0.2) is 53.1 Å². The van der Waals surface area contributed by atoms with Gasteiger partial charge in [-0.15, -0.1) is 11.3 Å². The zero-order chi connectivity index (χ0) is 21.6. The predicted octanol–water partition coefficient (Wildman–Crippen LogP) is 4.98.